The molecule has 212 valence electrons. The van der Waals surface area contributed by atoms with Crippen LogP contribution in [0, 0.1) is 46.8 Å². The van der Waals surface area contributed by atoms with Gasteiger partial charge in [-0.25, -0.2) is 8.42 Å². The zero-order chi connectivity index (χ0) is 27.4. The highest BCUT2D eigenvalue weighted by Crippen LogP contribution is 2.62. The molecule has 6 unspecified atom stereocenters. The molecule has 6 aliphatic carbocycles. The molecule has 7 aliphatic rings. The minimum absolute atomic E-state index is 0.308. The number of alkyl halides is 4. The van der Waals surface area contributed by atoms with Gasteiger partial charge in [-0.05, 0) is 62.7 Å². The SMILES string of the molecule is O=C1OC2C3CC(C2OC(=O)C24CC5CC(CC(C5)C2)C4)C(C(=O)OCCC(F)(F)C(F)(F)S(=O)(=O)[O-])C13. The third-order valence-corrected chi connectivity index (χ3v) is 10.9. The maximum absolute atomic E-state index is 13.7. The van der Waals surface area contributed by atoms with E-state index in [2.05, 4.69) is 0 Å². The van der Waals surface area contributed by atoms with E-state index >= 15 is 0 Å². The predicted octanol–water partition coefficient (Wildman–Crippen LogP) is 2.63. The van der Waals surface area contributed by atoms with Gasteiger partial charge in [-0.15, -0.1) is 0 Å². The van der Waals surface area contributed by atoms with Crippen molar-refractivity contribution in [3.63, 3.8) is 0 Å². The molecule has 1 aliphatic heterocycles. The molecule has 14 heteroatoms. The van der Waals surface area contributed by atoms with Crippen LogP contribution in [-0.2, 0) is 38.7 Å². The largest absolute Gasteiger partial charge is 0.743 e. The maximum atomic E-state index is 13.7. The molecular weight excluding hydrogens is 540 g/mol. The van der Waals surface area contributed by atoms with Crippen LogP contribution in [0.4, 0.5) is 17.6 Å². The van der Waals surface area contributed by atoms with Crippen molar-refractivity contribution in [1.82, 2.24) is 0 Å². The lowest BCUT2D eigenvalue weighted by atomic mass is 9.49. The van der Waals surface area contributed by atoms with Gasteiger partial charge in [-0.2, -0.15) is 17.6 Å². The average Bonchev–Trinajstić information content (AvgIpc) is 3.41. The Morgan fingerprint density at radius 3 is 2.13 bits per heavy atom. The second kappa shape index (κ2) is 8.28. The fraction of sp³-hybridized carbons (Fsp3) is 0.875. The molecule has 0 aromatic rings. The first kappa shape index (κ1) is 26.3. The highest BCUT2D eigenvalue weighted by Gasteiger charge is 2.71. The van der Waals surface area contributed by atoms with Crippen LogP contribution in [0.2, 0.25) is 0 Å². The van der Waals surface area contributed by atoms with E-state index in [1.165, 1.54) is 0 Å². The molecule has 6 atom stereocenters. The van der Waals surface area contributed by atoms with Gasteiger partial charge in [0.05, 0.1) is 30.3 Å². The fourth-order valence-corrected chi connectivity index (χ4v) is 9.25. The van der Waals surface area contributed by atoms with Gasteiger partial charge >= 0.3 is 29.1 Å². The van der Waals surface area contributed by atoms with Crippen molar-refractivity contribution >= 4 is 28.0 Å². The molecule has 1 heterocycles. The molecule has 7 fully saturated rings. The Hall–Kier alpha value is -1.96. The third-order valence-electron chi connectivity index (χ3n) is 9.93. The number of rotatable bonds is 8. The van der Waals surface area contributed by atoms with Gasteiger partial charge in [0.2, 0.25) is 0 Å². The first-order valence-electron chi connectivity index (χ1n) is 12.9. The Bertz CT molecular complexity index is 1140. The Balaban J connectivity index is 1.14. The number of ether oxygens (including phenoxy) is 3. The molecule has 6 saturated carbocycles. The van der Waals surface area contributed by atoms with Crippen molar-refractivity contribution in [2.45, 2.75) is 74.8 Å². The number of hydrogen-bond acceptors (Lipinski definition) is 9. The minimum Gasteiger partial charge on any atom is -0.743 e. The molecule has 38 heavy (non-hydrogen) atoms. The third kappa shape index (κ3) is 3.71. The van der Waals surface area contributed by atoms with Gasteiger partial charge in [0.1, 0.15) is 12.2 Å². The summed E-state index contributed by atoms with van der Waals surface area (Å²) in [5.74, 6) is -9.25. The van der Waals surface area contributed by atoms with Crippen LogP contribution in [0.1, 0.15) is 51.4 Å². The standard InChI is InChI=1S/C24H28F4O9S/c25-23(26,24(27,28)38(32,33)34)1-2-35-19(29)15-13-6-14-16(15)20(30)36-17(14)18(13)37-21(31)22-7-10-3-11(8-22)5-12(4-10)9-22/h10-18H,1-9H2,(H,32,33,34)/p-1. The first-order chi connectivity index (χ1) is 17.6. The van der Waals surface area contributed by atoms with Crippen LogP contribution in [0.25, 0.3) is 0 Å². The Morgan fingerprint density at radius 1 is 1.00 bits per heavy atom. The summed E-state index contributed by atoms with van der Waals surface area (Å²) in [5.41, 5.74) is -0.590. The lowest BCUT2D eigenvalue weighted by Gasteiger charge is -2.55. The highest BCUT2D eigenvalue weighted by molar-refractivity contribution is 7.86. The lowest BCUT2D eigenvalue weighted by Crippen LogP contribution is -2.53. The smallest absolute Gasteiger partial charge is 0.396 e. The molecule has 0 aromatic carbocycles. The van der Waals surface area contributed by atoms with E-state index in [1.807, 2.05) is 0 Å². The number of esters is 3. The molecule has 0 spiro atoms. The van der Waals surface area contributed by atoms with Crippen LogP contribution < -0.4 is 0 Å². The lowest BCUT2D eigenvalue weighted by molar-refractivity contribution is -0.188. The summed E-state index contributed by atoms with van der Waals surface area (Å²) < 4.78 is 102. The topological polar surface area (TPSA) is 136 Å². The normalized spacial score (nSPS) is 42.9. The summed E-state index contributed by atoms with van der Waals surface area (Å²) in [6.07, 6.45) is 2.34. The summed E-state index contributed by atoms with van der Waals surface area (Å²) in [7, 11) is -6.67. The molecule has 6 bridgehead atoms. The van der Waals surface area contributed by atoms with Gasteiger partial charge in [0, 0.05) is 11.8 Å². The monoisotopic (exact) mass is 567 g/mol. The van der Waals surface area contributed by atoms with Crippen LogP contribution >= 0.6 is 0 Å². The number of halogens is 4. The maximum Gasteiger partial charge on any atom is 0.396 e. The van der Waals surface area contributed by atoms with Crippen molar-refractivity contribution in [2.75, 3.05) is 6.61 Å². The Morgan fingerprint density at radius 2 is 1.58 bits per heavy atom. The van der Waals surface area contributed by atoms with Gasteiger partial charge in [0.25, 0.3) is 0 Å². The molecule has 0 aromatic heterocycles. The Labute approximate surface area is 215 Å². The summed E-state index contributed by atoms with van der Waals surface area (Å²) in [4.78, 5) is 38.9. The van der Waals surface area contributed by atoms with E-state index in [9.17, 15) is 44.9 Å². The van der Waals surface area contributed by atoms with E-state index in [0.29, 0.717) is 24.2 Å². The zero-order valence-electron chi connectivity index (χ0n) is 20.2. The van der Waals surface area contributed by atoms with Crippen molar-refractivity contribution in [2.24, 2.45) is 46.8 Å². The summed E-state index contributed by atoms with van der Waals surface area (Å²) in [6.45, 7) is -1.31. The van der Waals surface area contributed by atoms with Gasteiger partial charge in [0.15, 0.2) is 10.1 Å². The van der Waals surface area contributed by atoms with Crippen LogP contribution in [0.15, 0.2) is 0 Å². The second-order valence-corrected chi connectivity index (χ2v) is 13.6. The van der Waals surface area contributed by atoms with E-state index in [-0.39, 0.29) is 5.97 Å². The van der Waals surface area contributed by atoms with Crippen molar-refractivity contribution in [3.05, 3.63) is 0 Å². The molecule has 9 nitrogen and oxygen atoms in total. The number of carbonyl (C=O) groups excluding carboxylic acids is 3. The molecular formula is C24H27F4O9S-. The minimum atomic E-state index is -6.67. The summed E-state index contributed by atoms with van der Waals surface area (Å²) in [5, 5.41) is -5.89. The molecule has 0 N–H and O–H groups in total. The van der Waals surface area contributed by atoms with Crippen LogP contribution in [-0.4, -0.2) is 60.9 Å². The van der Waals surface area contributed by atoms with Crippen molar-refractivity contribution in [1.29, 1.82) is 0 Å². The van der Waals surface area contributed by atoms with E-state index in [4.69, 9.17) is 14.2 Å². The molecule has 7 rings (SSSR count). The fourth-order valence-electron chi connectivity index (χ4n) is 8.78. The van der Waals surface area contributed by atoms with Gasteiger partial charge in [-0.1, -0.05) is 0 Å². The molecule has 1 saturated heterocycles. The number of fused-ring (bicyclic) bond motifs is 1. The number of hydrogen-bond donors (Lipinski definition) is 0. The quantitative estimate of drug-likeness (QED) is 0.188. The second-order valence-electron chi connectivity index (χ2n) is 12.2. The molecule has 0 amide bonds. The average molecular weight is 568 g/mol. The predicted molar refractivity (Wildman–Crippen MR) is 114 cm³/mol. The van der Waals surface area contributed by atoms with Crippen LogP contribution in [0.3, 0.4) is 0 Å². The van der Waals surface area contributed by atoms with Gasteiger partial charge in [-0.3, -0.25) is 14.4 Å². The van der Waals surface area contributed by atoms with Crippen LogP contribution in [0.5, 0.6) is 0 Å². The Kier molecular flexibility index (Phi) is 5.72. The summed E-state index contributed by atoms with van der Waals surface area (Å²) in [6, 6.07) is 0. The van der Waals surface area contributed by atoms with Crippen molar-refractivity contribution < 1.29 is 59.1 Å². The van der Waals surface area contributed by atoms with E-state index < -0.39 is 87.6 Å². The highest BCUT2D eigenvalue weighted by atomic mass is 32.2. The summed E-state index contributed by atoms with van der Waals surface area (Å²) >= 11 is 0. The first-order valence-corrected chi connectivity index (χ1v) is 14.3. The van der Waals surface area contributed by atoms with Gasteiger partial charge < -0.3 is 18.8 Å². The van der Waals surface area contributed by atoms with E-state index in [0.717, 1.165) is 38.5 Å². The molecule has 0 radical (unpaired) electrons. The zero-order valence-corrected chi connectivity index (χ0v) is 21.0. The number of carbonyl (C=O) groups is 3. The van der Waals surface area contributed by atoms with E-state index in [1.54, 1.807) is 0 Å². The van der Waals surface area contributed by atoms with Crippen molar-refractivity contribution in [3.8, 4) is 0 Å².